The van der Waals surface area contributed by atoms with Gasteiger partial charge in [0.2, 0.25) is 0 Å². The summed E-state index contributed by atoms with van der Waals surface area (Å²) in [6.07, 6.45) is 6.97. The third-order valence-electron chi connectivity index (χ3n) is 7.75. The summed E-state index contributed by atoms with van der Waals surface area (Å²) in [6, 6.07) is 12.2. The number of nitrogen functional groups attached to an aromatic ring is 1. The fourth-order valence-corrected chi connectivity index (χ4v) is 5.61. The molecule has 1 atom stereocenters. The van der Waals surface area contributed by atoms with Crippen molar-refractivity contribution in [3.05, 3.63) is 77.8 Å². The van der Waals surface area contributed by atoms with Gasteiger partial charge >= 0.3 is 0 Å². The van der Waals surface area contributed by atoms with Crippen molar-refractivity contribution in [2.45, 2.75) is 45.2 Å². The Hall–Kier alpha value is -4.78. The topological polar surface area (TPSA) is 110 Å². The lowest BCUT2D eigenvalue weighted by molar-refractivity contribution is -0.127. The van der Waals surface area contributed by atoms with Crippen molar-refractivity contribution in [3.8, 4) is 28.7 Å². The molecule has 2 aromatic heterocycles. The van der Waals surface area contributed by atoms with E-state index in [4.69, 9.17) is 10.5 Å². The number of hydrogen-bond acceptors (Lipinski definition) is 6. The standard InChI is InChI=1S/C31H28F2N6O2/c1-18-27(20-6-8-25(9-7-20)41-26-13-22(32)12-23(33)14-26)28-29(35)36-17-37-30(28)39(18)16-24-3-2-10-38(24)31(40)21(15-34)11-19-4-5-19/h6-9,11-14,17,19,24H,2-5,10,16H2,1H3,(H2,35,36,37)/b21-11-/t24-/m1/s1. The molecule has 1 aliphatic carbocycles. The number of likely N-dealkylation sites (tertiary alicyclic amines) is 1. The van der Waals surface area contributed by atoms with Gasteiger partial charge in [0.1, 0.15) is 52.6 Å². The van der Waals surface area contributed by atoms with Crippen LogP contribution in [0.25, 0.3) is 22.2 Å². The van der Waals surface area contributed by atoms with Crippen LogP contribution in [0.5, 0.6) is 11.5 Å². The van der Waals surface area contributed by atoms with E-state index in [1.54, 1.807) is 12.1 Å². The molecule has 0 spiro atoms. The van der Waals surface area contributed by atoms with Crippen LogP contribution in [0.1, 0.15) is 31.4 Å². The van der Waals surface area contributed by atoms with E-state index in [-0.39, 0.29) is 23.3 Å². The fourth-order valence-electron chi connectivity index (χ4n) is 5.61. The number of anilines is 1. The largest absolute Gasteiger partial charge is 0.457 e. The van der Waals surface area contributed by atoms with E-state index in [0.29, 0.717) is 41.6 Å². The molecule has 1 aliphatic heterocycles. The van der Waals surface area contributed by atoms with Gasteiger partial charge in [0.25, 0.3) is 5.91 Å². The lowest BCUT2D eigenvalue weighted by Gasteiger charge is -2.25. The van der Waals surface area contributed by atoms with Crippen molar-refractivity contribution >= 4 is 22.8 Å². The highest BCUT2D eigenvalue weighted by molar-refractivity contribution is 6.02. The van der Waals surface area contributed by atoms with Gasteiger partial charge in [0.15, 0.2) is 0 Å². The van der Waals surface area contributed by atoms with Gasteiger partial charge in [-0.05, 0) is 56.2 Å². The number of hydrogen-bond donors (Lipinski definition) is 1. The van der Waals surface area contributed by atoms with Crippen LogP contribution >= 0.6 is 0 Å². The number of ether oxygens (including phenoxy) is 1. The van der Waals surface area contributed by atoms with Crippen LogP contribution in [-0.4, -0.2) is 37.9 Å². The average Bonchev–Trinajstić information content (AvgIpc) is 3.57. The Kier molecular flexibility index (Phi) is 6.87. The molecule has 2 fully saturated rings. The molecule has 1 saturated carbocycles. The summed E-state index contributed by atoms with van der Waals surface area (Å²) >= 11 is 0. The van der Waals surface area contributed by atoms with Crippen LogP contribution in [0.2, 0.25) is 0 Å². The molecule has 10 heteroatoms. The molecule has 208 valence electrons. The van der Waals surface area contributed by atoms with Crippen LogP contribution in [0.15, 0.2) is 60.4 Å². The monoisotopic (exact) mass is 554 g/mol. The number of amides is 1. The third-order valence-corrected chi connectivity index (χ3v) is 7.75. The predicted molar refractivity (Wildman–Crippen MR) is 150 cm³/mol. The summed E-state index contributed by atoms with van der Waals surface area (Å²) in [6.45, 7) is 3.08. The lowest BCUT2D eigenvalue weighted by Crippen LogP contribution is -2.39. The number of carbonyl (C=O) groups is 1. The average molecular weight is 555 g/mol. The zero-order valence-corrected chi connectivity index (χ0v) is 22.5. The number of fused-ring (bicyclic) bond motifs is 1. The Morgan fingerprint density at radius 3 is 2.54 bits per heavy atom. The summed E-state index contributed by atoms with van der Waals surface area (Å²) in [7, 11) is 0. The minimum Gasteiger partial charge on any atom is -0.457 e. The number of benzene rings is 2. The second-order valence-electron chi connectivity index (χ2n) is 10.6. The van der Waals surface area contributed by atoms with Gasteiger partial charge in [0.05, 0.1) is 11.4 Å². The highest BCUT2D eigenvalue weighted by Crippen LogP contribution is 2.38. The first-order valence-electron chi connectivity index (χ1n) is 13.6. The van der Waals surface area contributed by atoms with Gasteiger partial charge in [-0.1, -0.05) is 18.2 Å². The number of aromatic nitrogens is 3. The summed E-state index contributed by atoms with van der Waals surface area (Å²) in [5.74, 6) is -0.513. The number of carbonyl (C=O) groups excluding carboxylic acids is 1. The molecule has 2 aliphatic rings. The van der Waals surface area contributed by atoms with Gasteiger partial charge in [-0.25, -0.2) is 18.7 Å². The lowest BCUT2D eigenvalue weighted by atomic mass is 10.0. The van der Waals surface area contributed by atoms with Crippen molar-refractivity contribution in [2.24, 2.45) is 5.92 Å². The molecule has 1 amide bonds. The van der Waals surface area contributed by atoms with Crippen LogP contribution in [0.4, 0.5) is 14.6 Å². The Morgan fingerprint density at radius 1 is 1.12 bits per heavy atom. The second-order valence-corrected chi connectivity index (χ2v) is 10.6. The highest BCUT2D eigenvalue weighted by Gasteiger charge is 2.33. The quantitative estimate of drug-likeness (QED) is 0.225. The molecule has 6 rings (SSSR count). The highest BCUT2D eigenvalue weighted by atomic mass is 19.1. The van der Waals surface area contributed by atoms with Crippen molar-refractivity contribution in [1.29, 1.82) is 5.26 Å². The molecule has 0 unspecified atom stereocenters. The van der Waals surface area contributed by atoms with Crippen LogP contribution in [0, 0.1) is 35.8 Å². The maximum Gasteiger partial charge on any atom is 0.264 e. The first-order chi connectivity index (χ1) is 19.8. The van der Waals surface area contributed by atoms with Crippen LogP contribution in [-0.2, 0) is 11.3 Å². The van der Waals surface area contributed by atoms with Crippen LogP contribution < -0.4 is 10.5 Å². The molecule has 4 aromatic rings. The van der Waals surface area contributed by atoms with Crippen molar-refractivity contribution in [1.82, 2.24) is 19.4 Å². The molecular formula is C31H28F2N6O2. The zero-order valence-electron chi connectivity index (χ0n) is 22.5. The van der Waals surface area contributed by atoms with Crippen molar-refractivity contribution in [3.63, 3.8) is 0 Å². The van der Waals surface area contributed by atoms with Crippen LogP contribution in [0.3, 0.4) is 0 Å². The van der Waals surface area contributed by atoms with Gasteiger partial charge in [-0.2, -0.15) is 5.26 Å². The summed E-state index contributed by atoms with van der Waals surface area (Å²) in [5, 5.41) is 10.3. The Labute approximate surface area is 235 Å². The van der Waals surface area contributed by atoms with Crippen molar-refractivity contribution in [2.75, 3.05) is 12.3 Å². The van der Waals surface area contributed by atoms with E-state index in [9.17, 15) is 18.8 Å². The number of nitrogens with two attached hydrogens (primary N) is 1. The Bertz CT molecular complexity index is 1700. The number of rotatable bonds is 7. The van der Waals surface area contributed by atoms with Gasteiger partial charge < -0.3 is 19.9 Å². The normalized spacial score (nSPS) is 17.2. The SMILES string of the molecule is Cc1c(-c2ccc(Oc3cc(F)cc(F)c3)cc2)c2c(N)ncnc2n1C[C@H]1CCCN1C(=O)/C(C#N)=C\C1CC1. The van der Waals surface area contributed by atoms with E-state index in [2.05, 4.69) is 20.6 Å². The predicted octanol–water partition coefficient (Wildman–Crippen LogP) is 5.91. The molecule has 2 N–H and O–H groups in total. The zero-order chi connectivity index (χ0) is 28.7. The van der Waals surface area contributed by atoms with E-state index < -0.39 is 11.6 Å². The maximum absolute atomic E-state index is 13.6. The molecule has 2 aromatic carbocycles. The van der Waals surface area contributed by atoms with Gasteiger partial charge in [0, 0.05) is 42.5 Å². The number of nitrogens with zero attached hydrogens (tertiary/aromatic N) is 5. The molecule has 1 saturated heterocycles. The minimum atomic E-state index is -0.721. The van der Waals surface area contributed by atoms with E-state index >= 15 is 0 Å². The second kappa shape index (κ2) is 10.7. The summed E-state index contributed by atoms with van der Waals surface area (Å²) < 4.78 is 34.9. The fraction of sp³-hybridized carbons (Fsp3) is 0.290. The summed E-state index contributed by atoms with van der Waals surface area (Å²) in [5.41, 5.74) is 9.84. The van der Waals surface area contributed by atoms with E-state index in [0.717, 1.165) is 60.7 Å². The first-order valence-corrected chi connectivity index (χ1v) is 13.6. The summed E-state index contributed by atoms with van der Waals surface area (Å²) in [4.78, 5) is 23.9. The molecule has 0 radical (unpaired) electrons. The Balaban J connectivity index is 1.32. The van der Waals surface area contributed by atoms with Crippen molar-refractivity contribution < 1.29 is 18.3 Å². The van der Waals surface area contributed by atoms with E-state index in [1.165, 1.54) is 6.33 Å². The number of allylic oxidation sites excluding steroid dienone is 1. The maximum atomic E-state index is 13.6. The molecule has 8 nitrogen and oxygen atoms in total. The first kappa shape index (κ1) is 26.4. The smallest absolute Gasteiger partial charge is 0.264 e. The molecule has 41 heavy (non-hydrogen) atoms. The number of nitriles is 1. The Morgan fingerprint density at radius 2 is 1.85 bits per heavy atom. The van der Waals surface area contributed by atoms with E-state index in [1.807, 2.05) is 30.0 Å². The molecule has 0 bridgehead atoms. The minimum absolute atomic E-state index is 0.0582. The molecule has 3 heterocycles. The van der Waals surface area contributed by atoms with Gasteiger partial charge in [-0.3, -0.25) is 4.79 Å². The third kappa shape index (κ3) is 5.23. The number of halogens is 2. The molecular weight excluding hydrogens is 526 g/mol. The van der Waals surface area contributed by atoms with Gasteiger partial charge in [-0.15, -0.1) is 0 Å².